The summed E-state index contributed by atoms with van der Waals surface area (Å²) in [5.41, 5.74) is 0.820. The first-order valence-electron chi connectivity index (χ1n) is 6.05. The Kier molecular flexibility index (Phi) is 4.07. The van der Waals surface area contributed by atoms with E-state index in [-0.39, 0.29) is 6.04 Å². The van der Waals surface area contributed by atoms with E-state index < -0.39 is 11.6 Å². The van der Waals surface area contributed by atoms with Gasteiger partial charge in [-0.05, 0) is 56.6 Å². The second-order valence-corrected chi connectivity index (χ2v) is 4.55. The molecule has 2 rings (SSSR count). The van der Waals surface area contributed by atoms with E-state index >= 15 is 0 Å². The number of rotatable bonds is 3. The zero-order valence-corrected chi connectivity index (χ0v) is 9.97. The van der Waals surface area contributed by atoms with Gasteiger partial charge in [0.05, 0.1) is 0 Å². The zero-order valence-electron chi connectivity index (χ0n) is 9.97. The topological polar surface area (TPSA) is 24.1 Å². The lowest BCUT2D eigenvalue weighted by Crippen LogP contribution is -2.37. The fourth-order valence-electron chi connectivity index (χ4n) is 2.54. The second-order valence-electron chi connectivity index (χ2n) is 4.55. The maximum absolute atomic E-state index is 13.2. The summed E-state index contributed by atoms with van der Waals surface area (Å²) in [6.45, 7) is 1.97. The summed E-state index contributed by atoms with van der Waals surface area (Å²) < 4.78 is 26.1. The number of piperidine rings is 1. The highest BCUT2D eigenvalue weighted by Crippen LogP contribution is 2.27. The molecule has 1 heterocycles. The van der Waals surface area contributed by atoms with Crippen molar-refractivity contribution in [3.63, 3.8) is 0 Å². The molecular formula is C13H18F2N2. The van der Waals surface area contributed by atoms with Crippen LogP contribution in [-0.2, 0) is 0 Å². The molecule has 1 aliphatic heterocycles. The third kappa shape index (κ3) is 2.82. The van der Waals surface area contributed by atoms with Gasteiger partial charge in [0, 0.05) is 6.04 Å². The lowest BCUT2D eigenvalue weighted by atomic mass is 9.87. The van der Waals surface area contributed by atoms with Gasteiger partial charge in [-0.2, -0.15) is 0 Å². The van der Waals surface area contributed by atoms with Crippen LogP contribution < -0.4 is 10.6 Å². The second kappa shape index (κ2) is 5.56. The Bertz CT molecular complexity index is 376. The first kappa shape index (κ1) is 12.5. The number of hydrogen-bond donors (Lipinski definition) is 2. The standard InChI is InChI=1S/C13H18F2N2/c1-16-13(10-3-2-6-17-8-10)9-4-5-11(14)12(15)7-9/h4-5,7,10,13,16-17H,2-3,6,8H2,1H3. The first-order valence-corrected chi connectivity index (χ1v) is 6.05. The van der Waals surface area contributed by atoms with E-state index in [1.807, 2.05) is 7.05 Å². The van der Waals surface area contributed by atoms with Crippen LogP contribution in [0.25, 0.3) is 0 Å². The minimum Gasteiger partial charge on any atom is -0.316 e. The Morgan fingerprint density at radius 1 is 1.35 bits per heavy atom. The Hall–Kier alpha value is -1.00. The van der Waals surface area contributed by atoms with Crippen LogP contribution >= 0.6 is 0 Å². The van der Waals surface area contributed by atoms with Crippen molar-refractivity contribution in [2.75, 3.05) is 20.1 Å². The van der Waals surface area contributed by atoms with Gasteiger partial charge in [-0.15, -0.1) is 0 Å². The summed E-state index contributed by atoms with van der Waals surface area (Å²) in [6.07, 6.45) is 2.24. The highest BCUT2D eigenvalue weighted by Gasteiger charge is 2.24. The van der Waals surface area contributed by atoms with E-state index in [1.54, 1.807) is 6.07 Å². The van der Waals surface area contributed by atoms with Crippen LogP contribution in [-0.4, -0.2) is 20.1 Å². The minimum atomic E-state index is -0.787. The lowest BCUT2D eigenvalue weighted by molar-refractivity contribution is 0.297. The summed E-state index contributed by atoms with van der Waals surface area (Å²) >= 11 is 0. The van der Waals surface area contributed by atoms with E-state index in [2.05, 4.69) is 10.6 Å². The molecule has 4 heteroatoms. The number of halogens is 2. The molecule has 1 aliphatic rings. The summed E-state index contributed by atoms with van der Waals surface area (Å²) in [6, 6.07) is 4.24. The molecule has 1 fully saturated rings. The molecule has 2 N–H and O–H groups in total. The van der Waals surface area contributed by atoms with Gasteiger partial charge < -0.3 is 10.6 Å². The predicted octanol–water partition coefficient (Wildman–Crippen LogP) is 2.22. The van der Waals surface area contributed by atoms with Gasteiger partial charge in [0.15, 0.2) is 11.6 Å². The van der Waals surface area contributed by atoms with Crippen LogP contribution in [0.15, 0.2) is 18.2 Å². The molecule has 94 valence electrons. The first-order chi connectivity index (χ1) is 8.22. The van der Waals surface area contributed by atoms with Gasteiger partial charge in [-0.3, -0.25) is 0 Å². The molecule has 0 saturated carbocycles. The van der Waals surface area contributed by atoms with Gasteiger partial charge >= 0.3 is 0 Å². The van der Waals surface area contributed by atoms with Crippen molar-refractivity contribution in [3.8, 4) is 0 Å². The fourth-order valence-corrected chi connectivity index (χ4v) is 2.54. The van der Waals surface area contributed by atoms with Gasteiger partial charge in [-0.25, -0.2) is 8.78 Å². The van der Waals surface area contributed by atoms with E-state index in [4.69, 9.17) is 0 Å². The van der Waals surface area contributed by atoms with Gasteiger partial charge in [0.2, 0.25) is 0 Å². The van der Waals surface area contributed by atoms with E-state index in [9.17, 15) is 8.78 Å². The largest absolute Gasteiger partial charge is 0.316 e. The van der Waals surface area contributed by atoms with Crippen LogP contribution in [0.1, 0.15) is 24.4 Å². The average molecular weight is 240 g/mol. The Morgan fingerprint density at radius 3 is 2.76 bits per heavy atom. The Morgan fingerprint density at radius 2 is 2.18 bits per heavy atom. The molecule has 17 heavy (non-hydrogen) atoms. The Labute approximate surface area is 100 Å². The highest BCUT2D eigenvalue weighted by atomic mass is 19.2. The lowest BCUT2D eigenvalue weighted by Gasteiger charge is -2.31. The molecule has 0 amide bonds. The zero-order chi connectivity index (χ0) is 12.3. The SMILES string of the molecule is CNC(c1ccc(F)c(F)c1)C1CCCNC1. The van der Waals surface area contributed by atoms with Crippen LogP contribution in [0.3, 0.4) is 0 Å². The highest BCUT2D eigenvalue weighted by molar-refractivity contribution is 5.22. The molecule has 2 atom stereocenters. The number of nitrogens with one attached hydrogen (secondary N) is 2. The van der Waals surface area contributed by atoms with Crippen molar-refractivity contribution in [3.05, 3.63) is 35.4 Å². The average Bonchev–Trinajstić information content (AvgIpc) is 2.36. The third-order valence-corrected chi connectivity index (χ3v) is 3.42. The molecule has 2 unspecified atom stereocenters. The molecule has 1 saturated heterocycles. The molecule has 0 bridgehead atoms. The molecule has 0 aromatic heterocycles. The smallest absolute Gasteiger partial charge is 0.159 e. The maximum Gasteiger partial charge on any atom is 0.159 e. The molecule has 1 aromatic carbocycles. The summed E-state index contributed by atoms with van der Waals surface area (Å²) in [4.78, 5) is 0. The molecule has 0 aliphatic carbocycles. The minimum absolute atomic E-state index is 0.0814. The van der Waals surface area contributed by atoms with Crippen LogP contribution in [0.2, 0.25) is 0 Å². The van der Waals surface area contributed by atoms with Crippen molar-refractivity contribution in [1.29, 1.82) is 0 Å². The van der Waals surface area contributed by atoms with Gasteiger partial charge in [-0.1, -0.05) is 6.07 Å². The molecule has 0 spiro atoms. The van der Waals surface area contributed by atoms with Crippen molar-refractivity contribution >= 4 is 0 Å². The monoisotopic (exact) mass is 240 g/mol. The normalized spacial score (nSPS) is 22.4. The van der Waals surface area contributed by atoms with E-state index in [0.29, 0.717) is 5.92 Å². The van der Waals surface area contributed by atoms with Crippen molar-refractivity contribution in [2.45, 2.75) is 18.9 Å². The fraction of sp³-hybridized carbons (Fsp3) is 0.538. The summed E-state index contributed by atoms with van der Waals surface area (Å²) in [7, 11) is 1.86. The number of benzene rings is 1. The molecule has 1 aromatic rings. The molecular weight excluding hydrogens is 222 g/mol. The maximum atomic E-state index is 13.2. The van der Waals surface area contributed by atoms with Crippen LogP contribution in [0, 0.1) is 17.6 Å². The van der Waals surface area contributed by atoms with Crippen molar-refractivity contribution in [1.82, 2.24) is 10.6 Å². The predicted molar refractivity (Wildman–Crippen MR) is 63.8 cm³/mol. The van der Waals surface area contributed by atoms with E-state index in [1.165, 1.54) is 12.1 Å². The Balaban J connectivity index is 2.18. The molecule has 2 nitrogen and oxygen atoms in total. The van der Waals surface area contributed by atoms with Crippen LogP contribution in [0.5, 0.6) is 0 Å². The van der Waals surface area contributed by atoms with Gasteiger partial charge in [0.1, 0.15) is 0 Å². The third-order valence-electron chi connectivity index (χ3n) is 3.42. The molecule has 0 radical (unpaired) electrons. The van der Waals surface area contributed by atoms with Gasteiger partial charge in [0.25, 0.3) is 0 Å². The number of hydrogen-bond acceptors (Lipinski definition) is 2. The summed E-state index contributed by atoms with van der Waals surface area (Å²) in [5.74, 6) is -1.13. The van der Waals surface area contributed by atoms with E-state index in [0.717, 1.165) is 31.5 Å². The quantitative estimate of drug-likeness (QED) is 0.846. The van der Waals surface area contributed by atoms with Crippen molar-refractivity contribution < 1.29 is 8.78 Å². The van der Waals surface area contributed by atoms with Crippen molar-refractivity contribution in [2.24, 2.45) is 5.92 Å². The van der Waals surface area contributed by atoms with Crippen LogP contribution in [0.4, 0.5) is 8.78 Å². The summed E-state index contributed by atoms with van der Waals surface area (Å²) in [5, 5.41) is 6.54.